The number of morpholine rings is 1. The number of nitrogens with one attached hydrogen (secondary N) is 2. The largest absolute Gasteiger partial charge is 0.379 e. The van der Waals surface area contributed by atoms with Crippen LogP contribution in [-0.2, 0) is 4.74 Å². The van der Waals surface area contributed by atoms with Gasteiger partial charge in [0.2, 0.25) is 0 Å². The molecule has 2 rings (SSSR count). The summed E-state index contributed by atoms with van der Waals surface area (Å²) >= 11 is 5.91. The van der Waals surface area contributed by atoms with Crippen LogP contribution in [0, 0.1) is 0 Å². The van der Waals surface area contributed by atoms with E-state index in [2.05, 4.69) is 36.6 Å². The Morgan fingerprint density at radius 1 is 1.37 bits per heavy atom. The van der Waals surface area contributed by atoms with Crippen molar-refractivity contribution in [3.8, 4) is 0 Å². The molecule has 1 aromatic rings. The molecule has 0 aromatic heterocycles. The fourth-order valence-corrected chi connectivity index (χ4v) is 2.67. The Hall–Kier alpha value is -0.610. The first-order valence-electron chi connectivity index (χ1n) is 6.98. The summed E-state index contributed by atoms with van der Waals surface area (Å²) in [5.41, 5.74) is 1.27. The molecular weight excluding hydrogens is 260 g/mol. The smallest absolute Gasteiger partial charge is 0.0620 e. The molecule has 3 unspecified atom stereocenters. The molecule has 19 heavy (non-hydrogen) atoms. The van der Waals surface area contributed by atoms with Crippen LogP contribution in [0.15, 0.2) is 24.3 Å². The molecule has 1 saturated heterocycles. The summed E-state index contributed by atoms with van der Waals surface area (Å²) < 4.78 is 5.48. The van der Waals surface area contributed by atoms with E-state index in [9.17, 15) is 0 Å². The lowest BCUT2D eigenvalue weighted by Crippen LogP contribution is -2.45. The molecule has 2 N–H and O–H groups in total. The normalized spacial score (nSPS) is 23.0. The molecule has 0 saturated carbocycles. The third kappa shape index (κ3) is 4.77. The van der Waals surface area contributed by atoms with Crippen LogP contribution < -0.4 is 10.6 Å². The number of benzene rings is 1. The minimum atomic E-state index is 0.330. The Morgan fingerprint density at radius 2 is 2.11 bits per heavy atom. The third-order valence-corrected chi connectivity index (χ3v) is 3.79. The lowest BCUT2D eigenvalue weighted by atomic mass is 10.0. The average Bonchev–Trinajstić information content (AvgIpc) is 2.40. The zero-order valence-electron chi connectivity index (χ0n) is 11.7. The first-order chi connectivity index (χ1) is 9.15. The van der Waals surface area contributed by atoms with Crippen molar-refractivity contribution in [2.45, 2.75) is 38.4 Å². The highest BCUT2D eigenvalue weighted by Crippen LogP contribution is 2.17. The predicted molar refractivity (Wildman–Crippen MR) is 79.7 cm³/mol. The molecule has 0 radical (unpaired) electrons. The van der Waals surface area contributed by atoms with Crippen molar-refractivity contribution in [2.75, 3.05) is 19.8 Å². The van der Waals surface area contributed by atoms with Crippen molar-refractivity contribution in [1.82, 2.24) is 10.6 Å². The summed E-state index contributed by atoms with van der Waals surface area (Å²) in [4.78, 5) is 0. The molecule has 0 spiro atoms. The van der Waals surface area contributed by atoms with Crippen LogP contribution in [0.25, 0.3) is 0 Å². The minimum absolute atomic E-state index is 0.330. The van der Waals surface area contributed by atoms with Crippen molar-refractivity contribution < 1.29 is 4.74 Å². The van der Waals surface area contributed by atoms with Crippen LogP contribution in [0.5, 0.6) is 0 Å². The maximum absolute atomic E-state index is 5.91. The van der Waals surface area contributed by atoms with E-state index >= 15 is 0 Å². The van der Waals surface area contributed by atoms with Gasteiger partial charge >= 0.3 is 0 Å². The second-order valence-corrected chi connectivity index (χ2v) is 5.74. The van der Waals surface area contributed by atoms with Gasteiger partial charge in [0, 0.05) is 29.7 Å². The van der Waals surface area contributed by atoms with Crippen LogP contribution in [0.3, 0.4) is 0 Å². The summed E-state index contributed by atoms with van der Waals surface area (Å²) in [6.45, 7) is 7.03. The number of rotatable bonds is 5. The van der Waals surface area contributed by atoms with E-state index in [1.807, 2.05) is 12.1 Å². The highest BCUT2D eigenvalue weighted by molar-refractivity contribution is 6.30. The number of ether oxygens (including phenoxy) is 1. The molecule has 4 heteroatoms. The van der Waals surface area contributed by atoms with Gasteiger partial charge in [-0.15, -0.1) is 0 Å². The van der Waals surface area contributed by atoms with Crippen molar-refractivity contribution >= 4 is 11.6 Å². The van der Waals surface area contributed by atoms with Gasteiger partial charge in [-0.05, 0) is 38.0 Å². The Balaban J connectivity index is 1.80. The lowest BCUT2D eigenvalue weighted by Gasteiger charge is -2.28. The second-order valence-electron chi connectivity index (χ2n) is 5.30. The van der Waals surface area contributed by atoms with Crippen LogP contribution >= 0.6 is 11.6 Å². The van der Waals surface area contributed by atoms with E-state index < -0.39 is 0 Å². The van der Waals surface area contributed by atoms with Gasteiger partial charge in [0.05, 0.1) is 13.2 Å². The van der Waals surface area contributed by atoms with Gasteiger partial charge in [-0.25, -0.2) is 0 Å². The first kappa shape index (κ1) is 14.8. The van der Waals surface area contributed by atoms with Crippen molar-refractivity contribution in [1.29, 1.82) is 0 Å². The number of halogens is 1. The lowest BCUT2D eigenvalue weighted by molar-refractivity contribution is 0.0708. The molecule has 1 heterocycles. The Morgan fingerprint density at radius 3 is 2.74 bits per heavy atom. The van der Waals surface area contributed by atoms with E-state index in [4.69, 9.17) is 16.3 Å². The van der Waals surface area contributed by atoms with Gasteiger partial charge in [-0.1, -0.05) is 23.7 Å². The van der Waals surface area contributed by atoms with Gasteiger partial charge in [0.25, 0.3) is 0 Å². The van der Waals surface area contributed by atoms with Gasteiger partial charge in [-0.3, -0.25) is 0 Å². The third-order valence-electron chi connectivity index (χ3n) is 3.54. The minimum Gasteiger partial charge on any atom is -0.379 e. The highest BCUT2D eigenvalue weighted by Gasteiger charge is 2.17. The Kier molecular flexibility index (Phi) is 5.64. The molecule has 1 aromatic carbocycles. The maximum atomic E-state index is 5.91. The van der Waals surface area contributed by atoms with Crippen LogP contribution in [0.2, 0.25) is 5.02 Å². The SMILES string of the molecule is CC(CC1COCCN1)NC(C)c1ccc(Cl)cc1. The molecule has 0 amide bonds. The molecule has 3 atom stereocenters. The highest BCUT2D eigenvalue weighted by atomic mass is 35.5. The number of hydrogen-bond donors (Lipinski definition) is 2. The van der Waals surface area contributed by atoms with Crippen LogP contribution in [0.1, 0.15) is 31.9 Å². The molecule has 1 aliphatic rings. The molecule has 3 nitrogen and oxygen atoms in total. The molecule has 0 bridgehead atoms. The fourth-order valence-electron chi connectivity index (χ4n) is 2.54. The quantitative estimate of drug-likeness (QED) is 0.871. The van der Waals surface area contributed by atoms with E-state index in [1.165, 1.54) is 5.56 Å². The topological polar surface area (TPSA) is 33.3 Å². The molecule has 0 aliphatic carbocycles. The van der Waals surface area contributed by atoms with E-state index in [-0.39, 0.29) is 0 Å². The Labute approximate surface area is 120 Å². The first-order valence-corrected chi connectivity index (χ1v) is 7.35. The maximum Gasteiger partial charge on any atom is 0.0620 e. The zero-order valence-corrected chi connectivity index (χ0v) is 12.4. The van der Waals surface area contributed by atoms with E-state index in [0.717, 1.165) is 31.2 Å². The van der Waals surface area contributed by atoms with Crippen molar-refractivity contribution in [3.05, 3.63) is 34.9 Å². The van der Waals surface area contributed by atoms with Crippen molar-refractivity contribution in [2.24, 2.45) is 0 Å². The fraction of sp³-hybridized carbons (Fsp3) is 0.600. The zero-order chi connectivity index (χ0) is 13.7. The monoisotopic (exact) mass is 282 g/mol. The van der Waals surface area contributed by atoms with Crippen LogP contribution in [0.4, 0.5) is 0 Å². The van der Waals surface area contributed by atoms with E-state index in [0.29, 0.717) is 18.1 Å². The molecule has 1 fully saturated rings. The summed E-state index contributed by atoms with van der Waals surface area (Å²) in [5.74, 6) is 0. The van der Waals surface area contributed by atoms with E-state index in [1.54, 1.807) is 0 Å². The predicted octanol–water partition coefficient (Wildman–Crippen LogP) is 2.76. The average molecular weight is 283 g/mol. The molecule has 1 aliphatic heterocycles. The summed E-state index contributed by atoms with van der Waals surface area (Å²) in [5, 5.41) is 7.90. The van der Waals surface area contributed by atoms with Gasteiger partial charge in [0.15, 0.2) is 0 Å². The summed E-state index contributed by atoms with van der Waals surface area (Å²) in [6.07, 6.45) is 1.08. The molecule has 106 valence electrons. The van der Waals surface area contributed by atoms with Crippen LogP contribution in [-0.4, -0.2) is 31.8 Å². The van der Waals surface area contributed by atoms with Gasteiger partial charge < -0.3 is 15.4 Å². The standard InChI is InChI=1S/C15H23ClN2O/c1-11(9-15-10-19-8-7-17-15)18-12(2)13-3-5-14(16)6-4-13/h3-6,11-12,15,17-18H,7-10H2,1-2H3. The van der Waals surface area contributed by atoms with Gasteiger partial charge in [-0.2, -0.15) is 0 Å². The molecular formula is C15H23ClN2O. The van der Waals surface area contributed by atoms with Crippen molar-refractivity contribution in [3.63, 3.8) is 0 Å². The van der Waals surface area contributed by atoms with Gasteiger partial charge in [0.1, 0.15) is 0 Å². The second kappa shape index (κ2) is 7.25. The number of hydrogen-bond acceptors (Lipinski definition) is 3. The summed E-state index contributed by atoms with van der Waals surface area (Å²) in [6, 6.07) is 9.28. The summed E-state index contributed by atoms with van der Waals surface area (Å²) in [7, 11) is 0. The Bertz CT molecular complexity index is 376.